The summed E-state index contributed by atoms with van der Waals surface area (Å²) in [5, 5.41) is 0.498. The van der Waals surface area contributed by atoms with Gasteiger partial charge < -0.3 is 4.74 Å². The largest absolute Gasteiger partial charge is 0.497 e. The normalized spacial score (nSPS) is 12.8. The van der Waals surface area contributed by atoms with Gasteiger partial charge in [0, 0.05) is 7.05 Å². The molecular formula is C26H27N3O4S. The number of benzene rings is 3. The number of nitrogens with zero attached hydrogens (tertiary/aromatic N) is 3. The minimum Gasteiger partial charge on any atom is -0.497 e. The van der Waals surface area contributed by atoms with Crippen molar-refractivity contribution in [2.45, 2.75) is 31.7 Å². The van der Waals surface area contributed by atoms with Gasteiger partial charge in [0.1, 0.15) is 11.6 Å². The summed E-state index contributed by atoms with van der Waals surface area (Å²) in [5.41, 5.74) is 2.62. The van der Waals surface area contributed by atoms with Crippen molar-refractivity contribution < 1.29 is 13.2 Å². The van der Waals surface area contributed by atoms with E-state index >= 15 is 0 Å². The number of rotatable bonds is 6. The smallest absolute Gasteiger partial charge is 0.266 e. The molecule has 1 heterocycles. The molecule has 34 heavy (non-hydrogen) atoms. The maximum Gasteiger partial charge on any atom is 0.266 e. The zero-order chi connectivity index (χ0) is 24.6. The van der Waals surface area contributed by atoms with Crippen molar-refractivity contribution in [3.8, 4) is 11.4 Å². The van der Waals surface area contributed by atoms with Gasteiger partial charge in [-0.15, -0.1) is 0 Å². The molecular weight excluding hydrogens is 450 g/mol. The highest BCUT2D eigenvalue weighted by Gasteiger charge is 2.30. The quantitative estimate of drug-likeness (QED) is 0.411. The Labute approximate surface area is 199 Å². The Morgan fingerprint density at radius 1 is 0.971 bits per heavy atom. The molecule has 0 radical (unpaired) electrons. The average molecular weight is 478 g/mol. The van der Waals surface area contributed by atoms with Crippen LogP contribution in [-0.2, 0) is 10.0 Å². The molecule has 0 aliphatic heterocycles. The van der Waals surface area contributed by atoms with E-state index in [0.29, 0.717) is 28.2 Å². The summed E-state index contributed by atoms with van der Waals surface area (Å²) in [4.78, 5) is 18.7. The minimum atomic E-state index is -3.83. The van der Waals surface area contributed by atoms with Gasteiger partial charge in [-0.25, -0.2) is 13.4 Å². The molecule has 1 atom stereocenters. The number of hydrogen-bond donors (Lipinski definition) is 0. The second kappa shape index (κ2) is 9.04. The molecule has 0 spiro atoms. The first-order valence-electron chi connectivity index (χ1n) is 10.9. The summed E-state index contributed by atoms with van der Waals surface area (Å²) in [7, 11) is -0.754. The van der Waals surface area contributed by atoms with E-state index in [2.05, 4.69) is 0 Å². The summed E-state index contributed by atoms with van der Waals surface area (Å²) in [5.74, 6) is 0.974. The van der Waals surface area contributed by atoms with E-state index in [1.165, 1.54) is 15.9 Å². The molecule has 0 amide bonds. The molecule has 1 aromatic heterocycles. The third-order valence-electron chi connectivity index (χ3n) is 6.08. The van der Waals surface area contributed by atoms with E-state index in [-0.39, 0.29) is 10.5 Å². The Bertz CT molecular complexity index is 1510. The predicted molar refractivity (Wildman–Crippen MR) is 133 cm³/mol. The number of sulfonamides is 1. The number of ether oxygens (including phenoxy) is 1. The topological polar surface area (TPSA) is 81.5 Å². The van der Waals surface area contributed by atoms with Crippen LogP contribution in [0.1, 0.15) is 29.9 Å². The van der Waals surface area contributed by atoms with Gasteiger partial charge in [0.15, 0.2) is 0 Å². The minimum absolute atomic E-state index is 0.183. The fourth-order valence-electron chi connectivity index (χ4n) is 3.92. The molecule has 0 fully saturated rings. The van der Waals surface area contributed by atoms with Crippen LogP contribution < -0.4 is 10.3 Å². The maximum absolute atomic E-state index is 13.7. The Kier molecular flexibility index (Phi) is 6.29. The Balaban J connectivity index is 1.93. The average Bonchev–Trinajstić information content (AvgIpc) is 2.83. The molecule has 176 valence electrons. The second-order valence-corrected chi connectivity index (χ2v) is 10.3. The molecule has 0 saturated carbocycles. The highest BCUT2D eigenvalue weighted by molar-refractivity contribution is 7.89. The molecule has 4 aromatic rings. The fraction of sp³-hybridized carbons (Fsp3) is 0.231. The SMILES string of the molecule is COc1ccc(-n2c(C(C)N(C)S(=O)(=O)c3ccc(C)cc3)nc3cccc(C)c3c2=O)cc1. The van der Waals surface area contributed by atoms with Crippen LogP contribution in [0.3, 0.4) is 0 Å². The molecule has 8 heteroatoms. The summed E-state index contributed by atoms with van der Waals surface area (Å²) in [6.07, 6.45) is 0. The van der Waals surface area contributed by atoms with Crippen molar-refractivity contribution in [1.29, 1.82) is 0 Å². The van der Waals surface area contributed by atoms with E-state index in [4.69, 9.17) is 9.72 Å². The number of aromatic nitrogens is 2. The molecule has 0 aliphatic carbocycles. The van der Waals surface area contributed by atoms with Gasteiger partial charge in [-0.1, -0.05) is 29.8 Å². The van der Waals surface area contributed by atoms with Crippen molar-refractivity contribution in [2.75, 3.05) is 14.2 Å². The zero-order valence-electron chi connectivity index (χ0n) is 19.8. The van der Waals surface area contributed by atoms with Gasteiger partial charge in [-0.2, -0.15) is 4.31 Å². The van der Waals surface area contributed by atoms with Gasteiger partial charge in [0.2, 0.25) is 10.0 Å². The standard InChI is InChI=1S/C26H27N3O4S/c1-17-9-15-22(16-10-17)34(31,32)28(4)19(3)25-27-23-8-6-7-18(2)24(23)26(30)29(25)20-11-13-21(33-5)14-12-20/h6-16,19H,1-5H3. The number of hydrogen-bond acceptors (Lipinski definition) is 5. The lowest BCUT2D eigenvalue weighted by Crippen LogP contribution is -2.35. The maximum atomic E-state index is 13.7. The second-order valence-electron chi connectivity index (χ2n) is 8.29. The van der Waals surface area contributed by atoms with Crippen molar-refractivity contribution >= 4 is 20.9 Å². The molecule has 7 nitrogen and oxygen atoms in total. The third kappa shape index (κ3) is 4.10. The third-order valence-corrected chi connectivity index (χ3v) is 8.02. The van der Waals surface area contributed by atoms with Crippen LogP contribution in [0, 0.1) is 13.8 Å². The number of fused-ring (bicyclic) bond motifs is 1. The fourth-order valence-corrected chi connectivity index (χ4v) is 5.24. The first-order valence-corrected chi connectivity index (χ1v) is 12.3. The molecule has 0 N–H and O–H groups in total. The zero-order valence-corrected chi connectivity index (χ0v) is 20.6. The lowest BCUT2D eigenvalue weighted by molar-refractivity contribution is 0.379. The van der Waals surface area contributed by atoms with Gasteiger partial charge in [-0.3, -0.25) is 9.36 Å². The van der Waals surface area contributed by atoms with E-state index in [1.54, 1.807) is 68.6 Å². The molecule has 1 unspecified atom stereocenters. The van der Waals surface area contributed by atoms with Crippen LogP contribution in [0.25, 0.3) is 16.6 Å². The summed E-state index contributed by atoms with van der Waals surface area (Å²) < 4.78 is 34.8. The summed E-state index contributed by atoms with van der Waals surface area (Å²) in [6, 6.07) is 18.5. The van der Waals surface area contributed by atoms with Crippen molar-refractivity contribution in [3.05, 3.63) is 94.0 Å². The summed E-state index contributed by atoms with van der Waals surface area (Å²) in [6.45, 7) is 5.49. The molecule has 3 aromatic carbocycles. The highest BCUT2D eigenvalue weighted by atomic mass is 32.2. The van der Waals surface area contributed by atoms with E-state index < -0.39 is 16.1 Å². The molecule has 0 bridgehead atoms. The Hall–Kier alpha value is -3.49. The van der Waals surface area contributed by atoms with Crippen LogP contribution in [0.15, 0.2) is 76.4 Å². The number of methoxy groups -OCH3 is 1. The van der Waals surface area contributed by atoms with Crippen molar-refractivity contribution in [3.63, 3.8) is 0 Å². The van der Waals surface area contributed by atoms with Crippen LogP contribution in [0.2, 0.25) is 0 Å². The van der Waals surface area contributed by atoms with Gasteiger partial charge in [0.25, 0.3) is 5.56 Å². The van der Waals surface area contributed by atoms with Crippen molar-refractivity contribution in [2.24, 2.45) is 0 Å². The lowest BCUT2D eigenvalue weighted by Gasteiger charge is -2.26. The van der Waals surface area contributed by atoms with Crippen LogP contribution in [0.4, 0.5) is 0 Å². The highest BCUT2D eigenvalue weighted by Crippen LogP contribution is 2.28. The molecule has 0 saturated heterocycles. The van der Waals surface area contributed by atoms with Crippen molar-refractivity contribution in [1.82, 2.24) is 13.9 Å². The van der Waals surface area contributed by atoms with E-state index in [1.807, 2.05) is 26.0 Å². The molecule has 4 rings (SSSR count). The van der Waals surface area contributed by atoms with Crippen LogP contribution in [-0.4, -0.2) is 36.4 Å². The predicted octanol–water partition coefficient (Wildman–Crippen LogP) is 4.39. The monoisotopic (exact) mass is 477 g/mol. The first-order chi connectivity index (χ1) is 16.1. The van der Waals surface area contributed by atoms with Crippen LogP contribution >= 0.6 is 0 Å². The Morgan fingerprint density at radius 3 is 2.24 bits per heavy atom. The summed E-state index contributed by atoms with van der Waals surface area (Å²) >= 11 is 0. The molecule has 0 aliphatic rings. The van der Waals surface area contributed by atoms with E-state index in [0.717, 1.165) is 11.1 Å². The first kappa shape index (κ1) is 23.7. The van der Waals surface area contributed by atoms with E-state index in [9.17, 15) is 13.2 Å². The lowest BCUT2D eigenvalue weighted by atomic mass is 10.1. The Morgan fingerprint density at radius 2 is 1.62 bits per heavy atom. The van der Waals surface area contributed by atoms with Gasteiger partial charge >= 0.3 is 0 Å². The van der Waals surface area contributed by atoms with Gasteiger partial charge in [0.05, 0.1) is 34.6 Å². The van der Waals surface area contributed by atoms with Gasteiger partial charge in [-0.05, 0) is 68.8 Å². The number of aryl methyl sites for hydroxylation is 2. The van der Waals surface area contributed by atoms with Crippen LogP contribution in [0.5, 0.6) is 5.75 Å².